The molecule has 0 spiro atoms. The summed E-state index contributed by atoms with van der Waals surface area (Å²) in [6, 6.07) is 11.9. The van der Waals surface area contributed by atoms with Gasteiger partial charge in [0.25, 0.3) is 0 Å². The third kappa shape index (κ3) is 4.62. The van der Waals surface area contributed by atoms with Crippen LogP contribution in [0.1, 0.15) is 54.3 Å². The second kappa shape index (κ2) is 8.29. The molecule has 7 heteroatoms. The fourth-order valence-electron chi connectivity index (χ4n) is 3.43. The molecule has 3 aromatic rings. The fraction of sp³-hybridized carbons (Fsp3) is 0.318. The largest absolute Gasteiger partial charge is 0.497 e. The average Bonchev–Trinajstić information content (AvgIpc) is 3.05. The first kappa shape index (κ1) is 20.9. The number of fused-ring (bicyclic) bond motifs is 1. The summed E-state index contributed by atoms with van der Waals surface area (Å²) in [5.41, 5.74) is 1.93. The Bertz CT molecular complexity index is 1130. The molecular formula is C22H25NO5S. The predicted molar refractivity (Wildman–Crippen MR) is 114 cm³/mol. The van der Waals surface area contributed by atoms with Crippen LogP contribution in [0, 0.1) is 0 Å². The Hall–Kier alpha value is -2.80. The Balaban J connectivity index is 2.17. The van der Waals surface area contributed by atoms with E-state index in [-0.39, 0.29) is 11.7 Å². The maximum Gasteiger partial charge on any atom is 0.229 e. The molecule has 0 aliphatic heterocycles. The topological polar surface area (TPSA) is 85.6 Å². The van der Waals surface area contributed by atoms with Crippen molar-refractivity contribution >= 4 is 32.5 Å². The number of hydrogen-bond donors (Lipinski definition) is 1. The highest BCUT2D eigenvalue weighted by Gasteiger charge is 2.25. The molecule has 0 aliphatic carbocycles. The number of furan rings is 1. The maximum atomic E-state index is 13.4. The maximum absolute atomic E-state index is 13.4. The zero-order valence-corrected chi connectivity index (χ0v) is 17.8. The smallest absolute Gasteiger partial charge is 0.229 e. The number of ether oxygens (including phenoxy) is 1. The van der Waals surface area contributed by atoms with Gasteiger partial charge in [-0.15, -0.1) is 0 Å². The number of sulfonamides is 1. The van der Waals surface area contributed by atoms with Crippen LogP contribution < -0.4 is 9.46 Å². The van der Waals surface area contributed by atoms with E-state index in [4.69, 9.17) is 9.15 Å². The minimum Gasteiger partial charge on any atom is -0.497 e. The van der Waals surface area contributed by atoms with Gasteiger partial charge in [-0.25, -0.2) is 8.42 Å². The van der Waals surface area contributed by atoms with Gasteiger partial charge in [0.05, 0.1) is 18.9 Å². The van der Waals surface area contributed by atoms with Crippen molar-refractivity contribution in [2.45, 2.75) is 32.6 Å². The van der Waals surface area contributed by atoms with Gasteiger partial charge in [-0.05, 0) is 48.9 Å². The lowest BCUT2D eigenvalue weighted by atomic mass is 9.93. The van der Waals surface area contributed by atoms with Crippen LogP contribution in [0.2, 0.25) is 0 Å². The second-order valence-electron chi connectivity index (χ2n) is 7.17. The van der Waals surface area contributed by atoms with E-state index in [1.807, 2.05) is 6.92 Å². The van der Waals surface area contributed by atoms with Crippen molar-refractivity contribution in [3.63, 3.8) is 0 Å². The summed E-state index contributed by atoms with van der Waals surface area (Å²) in [6.45, 7) is 4.11. The molecular weight excluding hydrogens is 390 g/mol. The fourth-order valence-corrected chi connectivity index (χ4v) is 3.98. The lowest BCUT2D eigenvalue weighted by Crippen LogP contribution is -2.09. The number of anilines is 1. The molecule has 1 aromatic heterocycles. The zero-order chi connectivity index (χ0) is 21.2. The van der Waals surface area contributed by atoms with Gasteiger partial charge >= 0.3 is 0 Å². The molecule has 0 saturated carbocycles. The minimum atomic E-state index is -3.44. The molecule has 0 radical (unpaired) electrons. The van der Waals surface area contributed by atoms with E-state index >= 15 is 0 Å². The highest BCUT2D eigenvalue weighted by Crippen LogP contribution is 2.36. The Morgan fingerprint density at radius 1 is 1.17 bits per heavy atom. The van der Waals surface area contributed by atoms with Crippen LogP contribution >= 0.6 is 0 Å². The number of methoxy groups -OCH3 is 1. The van der Waals surface area contributed by atoms with Crippen molar-refractivity contribution in [2.24, 2.45) is 0 Å². The van der Waals surface area contributed by atoms with E-state index in [1.54, 1.807) is 49.6 Å². The molecule has 0 bridgehead atoms. The van der Waals surface area contributed by atoms with Crippen molar-refractivity contribution in [3.05, 3.63) is 59.4 Å². The first-order valence-corrected chi connectivity index (χ1v) is 11.4. The third-order valence-corrected chi connectivity index (χ3v) is 5.37. The standard InChI is InChI=1S/C22H25NO5S/c1-5-6-14(2)22-20(21(24)15-7-10-17(27-3)11-8-15)18-13-16(23-29(4,25)26)9-12-19(18)28-22/h7-14,23H,5-6H2,1-4H3. The van der Waals surface area contributed by atoms with E-state index in [9.17, 15) is 13.2 Å². The summed E-state index contributed by atoms with van der Waals surface area (Å²) in [5.74, 6) is 1.17. The minimum absolute atomic E-state index is 0.0518. The monoisotopic (exact) mass is 415 g/mol. The van der Waals surface area contributed by atoms with Crippen LogP contribution in [0.4, 0.5) is 5.69 Å². The van der Waals surface area contributed by atoms with Crippen LogP contribution in [0.15, 0.2) is 46.9 Å². The number of rotatable bonds is 8. The molecule has 0 amide bonds. The van der Waals surface area contributed by atoms with Gasteiger partial charge in [-0.3, -0.25) is 9.52 Å². The molecule has 1 heterocycles. The van der Waals surface area contributed by atoms with E-state index in [1.165, 1.54) is 0 Å². The van der Waals surface area contributed by atoms with E-state index in [2.05, 4.69) is 11.6 Å². The molecule has 1 N–H and O–H groups in total. The lowest BCUT2D eigenvalue weighted by Gasteiger charge is -2.10. The van der Waals surface area contributed by atoms with Crippen LogP contribution in [0.5, 0.6) is 5.75 Å². The molecule has 0 aliphatic rings. The number of benzene rings is 2. The third-order valence-electron chi connectivity index (χ3n) is 4.77. The lowest BCUT2D eigenvalue weighted by molar-refractivity contribution is 0.103. The Morgan fingerprint density at radius 2 is 1.86 bits per heavy atom. The second-order valence-corrected chi connectivity index (χ2v) is 8.92. The van der Waals surface area contributed by atoms with Gasteiger partial charge in [0, 0.05) is 22.6 Å². The van der Waals surface area contributed by atoms with E-state index in [0.29, 0.717) is 39.3 Å². The number of hydrogen-bond acceptors (Lipinski definition) is 5. The van der Waals surface area contributed by atoms with Crippen molar-refractivity contribution in [1.82, 2.24) is 0 Å². The molecule has 29 heavy (non-hydrogen) atoms. The SMILES string of the molecule is CCCC(C)c1oc2ccc(NS(C)(=O)=O)cc2c1C(=O)c1ccc(OC)cc1. The Labute approximate surface area is 170 Å². The Morgan fingerprint density at radius 3 is 2.45 bits per heavy atom. The quantitative estimate of drug-likeness (QED) is 0.526. The van der Waals surface area contributed by atoms with Gasteiger partial charge in [-0.1, -0.05) is 20.3 Å². The molecule has 3 rings (SSSR count). The summed E-state index contributed by atoms with van der Waals surface area (Å²) in [5, 5.41) is 0.595. The highest BCUT2D eigenvalue weighted by atomic mass is 32.2. The molecule has 1 unspecified atom stereocenters. The summed E-state index contributed by atoms with van der Waals surface area (Å²) in [7, 11) is -1.87. The van der Waals surface area contributed by atoms with Gasteiger partial charge in [0.15, 0.2) is 5.78 Å². The first-order chi connectivity index (χ1) is 13.7. The van der Waals surface area contributed by atoms with Gasteiger partial charge < -0.3 is 9.15 Å². The summed E-state index contributed by atoms with van der Waals surface area (Å²) >= 11 is 0. The number of nitrogens with one attached hydrogen (secondary N) is 1. The predicted octanol–water partition coefficient (Wildman–Crippen LogP) is 4.95. The van der Waals surface area contributed by atoms with Crippen LogP contribution in [0.3, 0.4) is 0 Å². The summed E-state index contributed by atoms with van der Waals surface area (Å²) < 4.78 is 36.9. The van der Waals surface area contributed by atoms with Gasteiger partial charge in [0.2, 0.25) is 10.0 Å². The highest BCUT2D eigenvalue weighted by molar-refractivity contribution is 7.92. The molecule has 0 saturated heterocycles. The molecule has 2 aromatic carbocycles. The van der Waals surface area contributed by atoms with Crippen molar-refractivity contribution < 1.29 is 22.4 Å². The summed E-state index contributed by atoms with van der Waals surface area (Å²) in [6.07, 6.45) is 2.91. The van der Waals surface area contributed by atoms with Crippen LogP contribution in [-0.2, 0) is 10.0 Å². The number of ketones is 1. The van der Waals surface area contributed by atoms with E-state index < -0.39 is 10.0 Å². The van der Waals surface area contributed by atoms with Crippen LogP contribution in [0.25, 0.3) is 11.0 Å². The Kier molecular flexibility index (Phi) is 5.98. The number of carbonyl (C=O) groups excluding carboxylic acids is 1. The molecule has 6 nitrogen and oxygen atoms in total. The summed E-state index contributed by atoms with van der Waals surface area (Å²) in [4.78, 5) is 13.4. The average molecular weight is 416 g/mol. The zero-order valence-electron chi connectivity index (χ0n) is 17.0. The molecule has 1 atom stereocenters. The van der Waals surface area contributed by atoms with Crippen molar-refractivity contribution in [3.8, 4) is 5.75 Å². The van der Waals surface area contributed by atoms with Crippen molar-refractivity contribution in [2.75, 3.05) is 18.1 Å². The normalized spacial score (nSPS) is 12.7. The number of carbonyl (C=O) groups is 1. The molecule has 154 valence electrons. The first-order valence-electron chi connectivity index (χ1n) is 9.46. The van der Waals surface area contributed by atoms with Crippen molar-refractivity contribution in [1.29, 1.82) is 0 Å². The van der Waals surface area contributed by atoms with Gasteiger partial charge in [-0.2, -0.15) is 0 Å². The molecule has 0 fully saturated rings. The van der Waals surface area contributed by atoms with Crippen LogP contribution in [-0.4, -0.2) is 27.6 Å². The van der Waals surface area contributed by atoms with E-state index in [0.717, 1.165) is 19.1 Å². The van der Waals surface area contributed by atoms with Gasteiger partial charge in [0.1, 0.15) is 17.1 Å².